The minimum absolute atomic E-state index is 0.574. The summed E-state index contributed by atoms with van der Waals surface area (Å²) >= 11 is 1.72. The summed E-state index contributed by atoms with van der Waals surface area (Å²) in [4.78, 5) is 2.37. The van der Waals surface area contributed by atoms with Gasteiger partial charge in [-0.2, -0.15) is 11.3 Å². The molecule has 0 atom stereocenters. The molecule has 1 fully saturated rings. The van der Waals surface area contributed by atoms with Crippen molar-refractivity contribution in [3.8, 4) is 11.5 Å². The van der Waals surface area contributed by atoms with Gasteiger partial charge >= 0.3 is 0 Å². The second-order valence-electron chi connectivity index (χ2n) is 5.26. The van der Waals surface area contributed by atoms with E-state index >= 15 is 0 Å². The first-order chi connectivity index (χ1) is 10.2. The molecule has 1 heterocycles. The highest BCUT2D eigenvalue weighted by molar-refractivity contribution is 7.07. The summed E-state index contributed by atoms with van der Waals surface area (Å²) in [6.07, 6.45) is 2.44. The van der Waals surface area contributed by atoms with Gasteiger partial charge in [0.15, 0.2) is 11.5 Å². The second-order valence-corrected chi connectivity index (χ2v) is 6.04. The van der Waals surface area contributed by atoms with Crippen LogP contribution in [0.3, 0.4) is 0 Å². The molecule has 0 saturated heterocycles. The summed E-state index contributed by atoms with van der Waals surface area (Å²) in [6, 6.07) is 6.57. The Balaban J connectivity index is 1.95. The van der Waals surface area contributed by atoms with Crippen molar-refractivity contribution in [2.45, 2.75) is 25.4 Å². The molecule has 0 aliphatic heterocycles. The Morgan fingerprint density at radius 3 is 2.52 bits per heavy atom. The lowest BCUT2D eigenvalue weighted by Crippen LogP contribution is -2.25. The van der Waals surface area contributed by atoms with Crippen molar-refractivity contribution in [1.29, 1.82) is 0 Å². The average molecular weight is 304 g/mol. The molecule has 21 heavy (non-hydrogen) atoms. The lowest BCUT2D eigenvalue weighted by atomic mass is 10.2. The van der Waals surface area contributed by atoms with E-state index in [0.29, 0.717) is 11.8 Å². The SMILES string of the molecule is COc1cc(N)c(N(Cc2ccsc2)C2CC2)cc1OC. The number of benzene rings is 1. The van der Waals surface area contributed by atoms with Gasteiger partial charge in [0.2, 0.25) is 0 Å². The number of hydrogen-bond donors (Lipinski definition) is 1. The number of methoxy groups -OCH3 is 2. The van der Waals surface area contributed by atoms with E-state index in [0.717, 1.165) is 23.7 Å². The number of rotatable bonds is 6. The number of hydrogen-bond acceptors (Lipinski definition) is 5. The summed E-state index contributed by atoms with van der Waals surface area (Å²) in [5.41, 5.74) is 9.32. The zero-order valence-electron chi connectivity index (χ0n) is 12.3. The van der Waals surface area contributed by atoms with Gasteiger partial charge in [0.05, 0.1) is 25.6 Å². The number of nitrogens with two attached hydrogens (primary N) is 1. The molecule has 1 aromatic carbocycles. The molecular weight excluding hydrogens is 284 g/mol. The van der Waals surface area contributed by atoms with Gasteiger partial charge in [0, 0.05) is 24.7 Å². The molecular formula is C16H20N2O2S. The van der Waals surface area contributed by atoms with Gasteiger partial charge in [-0.15, -0.1) is 0 Å². The monoisotopic (exact) mass is 304 g/mol. The van der Waals surface area contributed by atoms with Crippen LogP contribution in [0.4, 0.5) is 11.4 Å². The molecule has 1 aliphatic carbocycles. The van der Waals surface area contributed by atoms with E-state index in [1.54, 1.807) is 25.6 Å². The molecule has 5 heteroatoms. The number of ether oxygens (including phenoxy) is 2. The van der Waals surface area contributed by atoms with Crippen LogP contribution >= 0.6 is 11.3 Å². The van der Waals surface area contributed by atoms with Crippen molar-refractivity contribution in [2.24, 2.45) is 0 Å². The van der Waals surface area contributed by atoms with Crippen LogP contribution < -0.4 is 20.1 Å². The van der Waals surface area contributed by atoms with Crippen LogP contribution in [0.15, 0.2) is 29.0 Å². The lowest BCUT2D eigenvalue weighted by molar-refractivity contribution is 0.355. The Kier molecular flexibility index (Phi) is 3.92. The maximum atomic E-state index is 6.24. The van der Waals surface area contributed by atoms with Gasteiger partial charge in [-0.25, -0.2) is 0 Å². The number of anilines is 2. The Hall–Kier alpha value is -1.88. The number of nitrogen functional groups attached to an aromatic ring is 1. The minimum atomic E-state index is 0.574. The molecule has 1 saturated carbocycles. The predicted molar refractivity (Wildman–Crippen MR) is 87.5 cm³/mol. The summed E-state index contributed by atoms with van der Waals surface area (Å²) in [6.45, 7) is 0.883. The summed E-state index contributed by atoms with van der Waals surface area (Å²) in [5, 5.41) is 4.30. The zero-order chi connectivity index (χ0) is 14.8. The molecule has 1 aromatic heterocycles. The first-order valence-corrected chi connectivity index (χ1v) is 7.96. The van der Waals surface area contributed by atoms with Crippen LogP contribution in [-0.2, 0) is 6.54 Å². The molecule has 2 aromatic rings. The third kappa shape index (κ3) is 2.93. The van der Waals surface area contributed by atoms with Gasteiger partial charge in [-0.05, 0) is 35.2 Å². The fourth-order valence-electron chi connectivity index (χ4n) is 2.51. The van der Waals surface area contributed by atoms with Crippen molar-refractivity contribution in [3.63, 3.8) is 0 Å². The molecule has 3 rings (SSSR count). The number of nitrogens with zero attached hydrogens (tertiary/aromatic N) is 1. The lowest BCUT2D eigenvalue weighted by Gasteiger charge is -2.26. The van der Waals surface area contributed by atoms with Crippen LogP contribution in [0.1, 0.15) is 18.4 Å². The van der Waals surface area contributed by atoms with Gasteiger partial charge in [-0.1, -0.05) is 0 Å². The molecule has 2 N–H and O–H groups in total. The molecule has 0 spiro atoms. The zero-order valence-corrected chi connectivity index (χ0v) is 13.2. The fraction of sp³-hybridized carbons (Fsp3) is 0.375. The van der Waals surface area contributed by atoms with Crippen molar-refractivity contribution in [3.05, 3.63) is 34.5 Å². The molecule has 0 bridgehead atoms. The quantitative estimate of drug-likeness (QED) is 0.830. The highest BCUT2D eigenvalue weighted by Gasteiger charge is 2.31. The Morgan fingerprint density at radius 1 is 1.24 bits per heavy atom. The van der Waals surface area contributed by atoms with E-state index in [4.69, 9.17) is 15.2 Å². The Bertz CT molecular complexity index is 609. The Labute approximate surface area is 129 Å². The maximum Gasteiger partial charge on any atom is 0.162 e. The van der Waals surface area contributed by atoms with E-state index in [2.05, 4.69) is 21.7 Å². The second kappa shape index (κ2) is 5.85. The molecule has 4 nitrogen and oxygen atoms in total. The van der Waals surface area contributed by atoms with Crippen LogP contribution in [-0.4, -0.2) is 20.3 Å². The largest absolute Gasteiger partial charge is 0.493 e. The van der Waals surface area contributed by atoms with E-state index in [9.17, 15) is 0 Å². The van der Waals surface area contributed by atoms with Gasteiger partial charge < -0.3 is 20.1 Å². The van der Waals surface area contributed by atoms with Gasteiger partial charge in [0.25, 0.3) is 0 Å². The first kappa shape index (κ1) is 14.1. The molecule has 0 unspecified atom stereocenters. The summed E-state index contributed by atoms with van der Waals surface area (Å²) in [5.74, 6) is 1.39. The van der Waals surface area contributed by atoms with Crippen LogP contribution in [0, 0.1) is 0 Å². The standard InChI is InChI=1S/C16H20N2O2S/c1-19-15-7-13(17)14(8-16(15)20-2)18(12-3-4-12)9-11-5-6-21-10-11/h5-8,10,12H,3-4,9,17H2,1-2H3. The summed E-state index contributed by atoms with van der Waals surface area (Å²) in [7, 11) is 3.28. The fourth-order valence-corrected chi connectivity index (χ4v) is 3.17. The highest BCUT2D eigenvalue weighted by Crippen LogP contribution is 2.41. The predicted octanol–water partition coefficient (Wildman–Crippen LogP) is 3.52. The van der Waals surface area contributed by atoms with E-state index < -0.39 is 0 Å². The third-order valence-corrected chi connectivity index (χ3v) is 4.49. The van der Waals surface area contributed by atoms with Gasteiger partial charge in [0.1, 0.15) is 0 Å². The van der Waals surface area contributed by atoms with Crippen molar-refractivity contribution < 1.29 is 9.47 Å². The highest BCUT2D eigenvalue weighted by atomic mass is 32.1. The smallest absolute Gasteiger partial charge is 0.162 e. The topological polar surface area (TPSA) is 47.7 Å². The van der Waals surface area contributed by atoms with Crippen molar-refractivity contribution in [2.75, 3.05) is 24.9 Å². The third-order valence-electron chi connectivity index (χ3n) is 3.76. The summed E-state index contributed by atoms with van der Waals surface area (Å²) < 4.78 is 10.7. The van der Waals surface area contributed by atoms with Crippen LogP contribution in [0.2, 0.25) is 0 Å². The molecule has 1 aliphatic rings. The molecule has 0 amide bonds. The van der Waals surface area contributed by atoms with Crippen molar-refractivity contribution in [1.82, 2.24) is 0 Å². The van der Waals surface area contributed by atoms with E-state index in [1.807, 2.05) is 12.1 Å². The van der Waals surface area contributed by atoms with Crippen LogP contribution in [0.25, 0.3) is 0 Å². The van der Waals surface area contributed by atoms with E-state index in [-0.39, 0.29) is 0 Å². The average Bonchev–Trinajstić information content (AvgIpc) is 3.21. The Morgan fingerprint density at radius 2 is 1.95 bits per heavy atom. The maximum absolute atomic E-state index is 6.24. The molecule has 0 radical (unpaired) electrons. The van der Waals surface area contributed by atoms with Crippen LogP contribution in [0.5, 0.6) is 11.5 Å². The normalized spacial score (nSPS) is 14.0. The van der Waals surface area contributed by atoms with E-state index in [1.165, 1.54) is 18.4 Å². The molecule has 112 valence electrons. The van der Waals surface area contributed by atoms with Gasteiger partial charge in [-0.3, -0.25) is 0 Å². The first-order valence-electron chi connectivity index (χ1n) is 7.02. The van der Waals surface area contributed by atoms with Crippen molar-refractivity contribution >= 4 is 22.7 Å². The number of thiophene rings is 1. The minimum Gasteiger partial charge on any atom is -0.493 e.